The number of nitrogen functional groups attached to an aromatic ring is 1. The topological polar surface area (TPSA) is 55.5 Å². The van der Waals surface area contributed by atoms with E-state index in [2.05, 4.69) is 4.74 Å². The summed E-state index contributed by atoms with van der Waals surface area (Å²) in [6.45, 7) is 0. The van der Waals surface area contributed by atoms with Crippen LogP contribution in [-0.2, 0) is 6.18 Å². The number of rotatable bonds is 1. The number of hydrogen-bond acceptors (Lipinski definition) is 3. The van der Waals surface area contributed by atoms with E-state index in [9.17, 15) is 13.2 Å². The van der Waals surface area contributed by atoms with Gasteiger partial charge < -0.3 is 15.6 Å². The van der Waals surface area contributed by atoms with Gasteiger partial charge in [-0.15, -0.1) is 0 Å². The standard InChI is InChI=1S/C8H8F3NO2/c1-14-4-2-5(12)7(6(13)3-4)8(9,10)11/h2-3,13H,12H2,1H3. The van der Waals surface area contributed by atoms with Gasteiger partial charge in [0.2, 0.25) is 0 Å². The van der Waals surface area contributed by atoms with Crippen molar-refractivity contribution in [3.8, 4) is 11.5 Å². The highest BCUT2D eigenvalue weighted by molar-refractivity contribution is 5.59. The Kier molecular flexibility index (Phi) is 2.46. The second kappa shape index (κ2) is 3.28. The molecule has 0 saturated carbocycles. The lowest BCUT2D eigenvalue weighted by molar-refractivity contribution is -0.138. The number of ether oxygens (including phenoxy) is 1. The number of nitrogens with two attached hydrogens (primary N) is 1. The maximum atomic E-state index is 12.3. The van der Waals surface area contributed by atoms with Gasteiger partial charge >= 0.3 is 6.18 Å². The minimum atomic E-state index is -4.67. The summed E-state index contributed by atoms with van der Waals surface area (Å²) in [6.07, 6.45) is -4.67. The Morgan fingerprint density at radius 3 is 2.29 bits per heavy atom. The van der Waals surface area contributed by atoms with Gasteiger partial charge in [0.15, 0.2) is 0 Å². The predicted molar refractivity (Wildman–Crippen MR) is 44.1 cm³/mol. The number of aromatic hydroxyl groups is 1. The van der Waals surface area contributed by atoms with Gasteiger partial charge in [0.25, 0.3) is 0 Å². The molecule has 78 valence electrons. The molecule has 1 aromatic rings. The van der Waals surface area contributed by atoms with Gasteiger partial charge in [0.1, 0.15) is 17.1 Å². The molecule has 0 aliphatic carbocycles. The van der Waals surface area contributed by atoms with Crippen molar-refractivity contribution in [2.45, 2.75) is 6.18 Å². The Morgan fingerprint density at radius 1 is 1.36 bits per heavy atom. The van der Waals surface area contributed by atoms with Crippen molar-refractivity contribution in [1.29, 1.82) is 0 Å². The zero-order valence-electron chi connectivity index (χ0n) is 7.22. The first-order valence-electron chi connectivity index (χ1n) is 3.60. The molecule has 0 amide bonds. The highest BCUT2D eigenvalue weighted by atomic mass is 19.4. The van der Waals surface area contributed by atoms with Crippen molar-refractivity contribution < 1.29 is 23.0 Å². The number of methoxy groups -OCH3 is 1. The highest BCUT2D eigenvalue weighted by Gasteiger charge is 2.36. The van der Waals surface area contributed by atoms with Crippen LogP contribution in [0.3, 0.4) is 0 Å². The van der Waals surface area contributed by atoms with Crippen molar-refractivity contribution in [2.75, 3.05) is 12.8 Å². The monoisotopic (exact) mass is 207 g/mol. The van der Waals surface area contributed by atoms with E-state index in [1.54, 1.807) is 0 Å². The molecule has 0 heterocycles. The van der Waals surface area contributed by atoms with Crippen LogP contribution >= 0.6 is 0 Å². The number of alkyl halides is 3. The van der Waals surface area contributed by atoms with Gasteiger partial charge in [-0.05, 0) is 0 Å². The summed E-state index contributed by atoms with van der Waals surface area (Å²) in [5.41, 5.74) is 3.33. The van der Waals surface area contributed by atoms with Crippen molar-refractivity contribution >= 4 is 5.69 Å². The smallest absolute Gasteiger partial charge is 0.421 e. The summed E-state index contributed by atoms with van der Waals surface area (Å²) >= 11 is 0. The van der Waals surface area contributed by atoms with Gasteiger partial charge in [0.05, 0.1) is 12.8 Å². The molecule has 0 spiro atoms. The predicted octanol–water partition coefficient (Wildman–Crippen LogP) is 2.00. The van der Waals surface area contributed by atoms with E-state index in [1.807, 2.05) is 0 Å². The van der Waals surface area contributed by atoms with Crippen molar-refractivity contribution in [2.24, 2.45) is 0 Å². The molecule has 0 bridgehead atoms. The molecule has 1 aromatic carbocycles. The fourth-order valence-corrected chi connectivity index (χ4v) is 1.05. The highest BCUT2D eigenvalue weighted by Crippen LogP contribution is 2.41. The lowest BCUT2D eigenvalue weighted by Crippen LogP contribution is -2.09. The van der Waals surface area contributed by atoms with Crippen LogP contribution in [-0.4, -0.2) is 12.2 Å². The van der Waals surface area contributed by atoms with Crippen molar-refractivity contribution in [3.05, 3.63) is 17.7 Å². The summed E-state index contributed by atoms with van der Waals surface area (Å²) < 4.78 is 41.4. The molecular formula is C8H8F3NO2. The summed E-state index contributed by atoms with van der Waals surface area (Å²) in [7, 11) is 1.27. The largest absolute Gasteiger partial charge is 0.507 e. The molecule has 0 aliphatic heterocycles. The fraction of sp³-hybridized carbons (Fsp3) is 0.250. The van der Waals surface area contributed by atoms with Crippen LogP contribution in [0.4, 0.5) is 18.9 Å². The van der Waals surface area contributed by atoms with Gasteiger partial charge in [-0.3, -0.25) is 0 Å². The normalized spacial score (nSPS) is 11.4. The summed E-state index contributed by atoms with van der Waals surface area (Å²) in [6, 6.07) is 1.86. The van der Waals surface area contributed by atoms with Crippen LogP contribution in [0.5, 0.6) is 11.5 Å². The fourth-order valence-electron chi connectivity index (χ4n) is 1.05. The second-order valence-corrected chi connectivity index (χ2v) is 2.61. The average molecular weight is 207 g/mol. The zero-order valence-corrected chi connectivity index (χ0v) is 7.22. The zero-order chi connectivity index (χ0) is 10.9. The third-order valence-corrected chi connectivity index (χ3v) is 1.64. The Morgan fingerprint density at radius 2 is 1.93 bits per heavy atom. The Bertz CT molecular complexity index is 326. The quantitative estimate of drug-likeness (QED) is 0.692. The number of phenols is 1. The molecule has 0 atom stereocenters. The molecule has 0 fully saturated rings. The summed E-state index contributed by atoms with van der Waals surface area (Å²) in [5.74, 6) is -0.859. The molecule has 0 unspecified atom stereocenters. The third kappa shape index (κ3) is 1.84. The lowest BCUT2D eigenvalue weighted by atomic mass is 10.1. The summed E-state index contributed by atoms with van der Waals surface area (Å²) in [5, 5.41) is 9.06. The third-order valence-electron chi connectivity index (χ3n) is 1.64. The van der Waals surface area contributed by atoms with E-state index >= 15 is 0 Å². The molecule has 0 aliphatic rings. The molecule has 1 rings (SSSR count). The van der Waals surface area contributed by atoms with Crippen molar-refractivity contribution in [3.63, 3.8) is 0 Å². The Balaban J connectivity index is 3.33. The number of benzene rings is 1. The lowest BCUT2D eigenvalue weighted by Gasteiger charge is -2.12. The minimum Gasteiger partial charge on any atom is -0.507 e. The van der Waals surface area contributed by atoms with E-state index in [0.29, 0.717) is 0 Å². The molecule has 0 aromatic heterocycles. The van der Waals surface area contributed by atoms with Crippen LogP contribution in [0.15, 0.2) is 12.1 Å². The first-order chi connectivity index (χ1) is 6.36. The minimum absolute atomic E-state index is 0.0769. The first kappa shape index (κ1) is 10.5. The van der Waals surface area contributed by atoms with Gasteiger partial charge in [-0.2, -0.15) is 13.2 Å². The number of halogens is 3. The number of hydrogen-bond donors (Lipinski definition) is 2. The maximum absolute atomic E-state index is 12.3. The maximum Gasteiger partial charge on any atom is 0.421 e. The Hall–Kier alpha value is -1.59. The molecular weight excluding hydrogens is 199 g/mol. The molecule has 14 heavy (non-hydrogen) atoms. The molecule has 6 heteroatoms. The molecule has 0 radical (unpaired) electrons. The van der Waals surface area contributed by atoms with Gasteiger partial charge in [-0.25, -0.2) is 0 Å². The van der Waals surface area contributed by atoms with E-state index in [1.165, 1.54) is 7.11 Å². The number of anilines is 1. The van der Waals surface area contributed by atoms with Gasteiger partial charge in [-0.1, -0.05) is 0 Å². The molecule has 0 saturated heterocycles. The van der Waals surface area contributed by atoms with Crippen LogP contribution in [0, 0.1) is 0 Å². The summed E-state index contributed by atoms with van der Waals surface area (Å²) in [4.78, 5) is 0. The van der Waals surface area contributed by atoms with Crippen molar-refractivity contribution in [1.82, 2.24) is 0 Å². The second-order valence-electron chi connectivity index (χ2n) is 2.61. The van der Waals surface area contributed by atoms with Crippen LogP contribution in [0.2, 0.25) is 0 Å². The van der Waals surface area contributed by atoms with Crippen LogP contribution < -0.4 is 10.5 Å². The molecule has 3 nitrogen and oxygen atoms in total. The van der Waals surface area contributed by atoms with E-state index in [4.69, 9.17) is 10.8 Å². The van der Waals surface area contributed by atoms with E-state index < -0.39 is 23.2 Å². The average Bonchev–Trinajstić information content (AvgIpc) is 1.99. The first-order valence-corrected chi connectivity index (χ1v) is 3.60. The van der Waals surface area contributed by atoms with E-state index in [0.717, 1.165) is 12.1 Å². The van der Waals surface area contributed by atoms with Gasteiger partial charge in [0, 0.05) is 12.1 Å². The number of phenolic OH excluding ortho intramolecular Hbond substituents is 1. The van der Waals surface area contributed by atoms with Crippen LogP contribution in [0.25, 0.3) is 0 Å². The molecule has 3 N–H and O–H groups in total. The van der Waals surface area contributed by atoms with Crippen LogP contribution in [0.1, 0.15) is 5.56 Å². The Labute approximate surface area is 77.9 Å². The van der Waals surface area contributed by atoms with E-state index in [-0.39, 0.29) is 5.75 Å². The SMILES string of the molecule is COc1cc(N)c(C(F)(F)F)c(O)c1.